The third kappa shape index (κ3) is 3.49. The molecule has 0 amide bonds. The molecule has 0 saturated heterocycles. The van der Waals surface area contributed by atoms with E-state index in [1.807, 2.05) is 12.1 Å². The van der Waals surface area contributed by atoms with Crippen LogP contribution in [0.5, 0.6) is 0 Å². The van der Waals surface area contributed by atoms with Gasteiger partial charge in [-0.25, -0.2) is 18.4 Å². The van der Waals surface area contributed by atoms with Gasteiger partial charge in [-0.2, -0.15) is 0 Å². The second kappa shape index (κ2) is 6.84. The Morgan fingerprint density at radius 3 is 2.07 bits per heavy atom. The van der Waals surface area contributed by atoms with Gasteiger partial charge < -0.3 is 9.67 Å². The zero-order chi connectivity index (χ0) is 19.9. The summed E-state index contributed by atoms with van der Waals surface area (Å²) in [4.78, 5) is 11.8. The van der Waals surface area contributed by atoms with E-state index in [4.69, 9.17) is 16.7 Å². The van der Waals surface area contributed by atoms with Crippen LogP contribution in [0.3, 0.4) is 0 Å². The zero-order valence-electron chi connectivity index (χ0n) is 14.6. The predicted octanol–water partition coefficient (Wildman–Crippen LogP) is 3.76. The first-order valence-electron chi connectivity index (χ1n) is 7.95. The molecule has 0 radical (unpaired) electrons. The van der Waals surface area contributed by atoms with Crippen molar-refractivity contribution in [3.05, 3.63) is 70.4 Å². The van der Waals surface area contributed by atoms with E-state index in [2.05, 4.69) is 0 Å². The van der Waals surface area contributed by atoms with E-state index in [9.17, 15) is 18.3 Å². The number of rotatable bonds is 4. The maximum Gasteiger partial charge on any atom is 0.337 e. The quantitative estimate of drug-likeness (QED) is 0.690. The Kier molecular flexibility index (Phi) is 4.86. The molecule has 3 rings (SSSR count). The summed E-state index contributed by atoms with van der Waals surface area (Å²) in [6.45, 7) is 3.46. The summed E-state index contributed by atoms with van der Waals surface area (Å²) in [7, 11) is -3.81. The Morgan fingerprint density at radius 1 is 1.04 bits per heavy atom. The van der Waals surface area contributed by atoms with Crippen molar-refractivity contribution in [2.24, 2.45) is 5.14 Å². The molecule has 2 aromatic carbocycles. The number of benzene rings is 2. The normalized spacial score (nSPS) is 11.6. The Hall–Kier alpha value is -2.61. The first kappa shape index (κ1) is 19.2. The van der Waals surface area contributed by atoms with E-state index in [0.29, 0.717) is 27.7 Å². The van der Waals surface area contributed by atoms with E-state index in [0.717, 1.165) is 5.56 Å². The summed E-state index contributed by atoms with van der Waals surface area (Å²) in [6.07, 6.45) is 0. The van der Waals surface area contributed by atoms with Gasteiger partial charge in [0, 0.05) is 16.4 Å². The third-order valence-corrected chi connectivity index (χ3v) is 5.59. The first-order chi connectivity index (χ1) is 12.6. The van der Waals surface area contributed by atoms with Crippen LogP contribution in [0.25, 0.3) is 16.9 Å². The SMILES string of the molecule is Cc1c(C(=O)O)c(C)n(-c2ccc(S(N)(=O)=O)cc2)c1-c1ccc(Cl)cc1. The minimum absolute atomic E-state index is 0.0146. The van der Waals surface area contributed by atoms with Crippen molar-refractivity contribution in [2.75, 3.05) is 0 Å². The molecule has 8 heteroatoms. The van der Waals surface area contributed by atoms with Crippen LogP contribution in [-0.2, 0) is 10.0 Å². The molecule has 0 atom stereocenters. The van der Waals surface area contributed by atoms with Crippen LogP contribution < -0.4 is 5.14 Å². The Balaban J connectivity index is 2.30. The molecule has 0 bridgehead atoms. The molecular formula is C19H17ClN2O4S. The number of hydrogen-bond donors (Lipinski definition) is 2. The Morgan fingerprint density at radius 2 is 1.59 bits per heavy atom. The lowest BCUT2D eigenvalue weighted by Crippen LogP contribution is -2.12. The highest BCUT2D eigenvalue weighted by Crippen LogP contribution is 2.34. The number of halogens is 1. The lowest BCUT2D eigenvalue weighted by molar-refractivity contribution is 0.0695. The first-order valence-corrected chi connectivity index (χ1v) is 9.88. The maximum atomic E-state index is 11.8. The molecule has 0 aliphatic heterocycles. The highest BCUT2D eigenvalue weighted by Gasteiger charge is 2.24. The number of hydrogen-bond acceptors (Lipinski definition) is 3. The van der Waals surface area contributed by atoms with E-state index in [1.54, 1.807) is 42.7 Å². The second-order valence-corrected chi connectivity index (χ2v) is 8.12. The standard InChI is InChI=1S/C19H17ClN2O4S/c1-11-17(19(23)24)12(2)22(18(11)13-3-5-14(20)6-4-13)15-7-9-16(10-8-15)27(21,25)26/h3-10H,1-2H3,(H,23,24)(H2,21,25,26). The molecule has 0 aliphatic rings. The molecule has 0 fully saturated rings. The molecule has 6 nitrogen and oxygen atoms in total. The summed E-state index contributed by atoms with van der Waals surface area (Å²) >= 11 is 5.97. The smallest absolute Gasteiger partial charge is 0.337 e. The van der Waals surface area contributed by atoms with Gasteiger partial charge in [-0.05, 0) is 61.4 Å². The van der Waals surface area contributed by atoms with Crippen LogP contribution in [0.15, 0.2) is 53.4 Å². The lowest BCUT2D eigenvalue weighted by Gasteiger charge is -2.13. The minimum Gasteiger partial charge on any atom is -0.478 e. The molecule has 0 aliphatic carbocycles. The molecule has 1 aromatic heterocycles. The highest BCUT2D eigenvalue weighted by molar-refractivity contribution is 7.89. The topological polar surface area (TPSA) is 102 Å². The fraction of sp³-hybridized carbons (Fsp3) is 0.105. The summed E-state index contributed by atoms with van der Waals surface area (Å²) in [6, 6.07) is 13.1. The van der Waals surface area contributed by atoms with Gasteiger partial charge in [0.15, 0.2) is 0 Å². The molecule has 0 saturated carbocycles. The molecule has 140 valence electrons. The Bertz CT molecular complexity index is 1130. The lowest BCUT2D eigenvalue weighted by atomic mass is 10.1. The van der Waals surface area contributed by atoms with E-state index in [-0.39, 0.29) is 10.5 Å². The number of aromatic carboxylic acids is 1. The molecule has 3 aromatic rings. The monoisotopic (exact) mass is 404 g/mol. The summed E-state index contributed by atoms with van der Waals surface area (Å²) in [5.74, 6) is -1.03. The molecule has 0 spiro atoms. The molecular weight excluding hydrogens is 388 g/mol. The summed E-state index contributed by atoms with van der Waals surface area (Å²) in [5, 5.41) is 15.4. The summed E-state index contributed by atoms with van der Waals surface area (Å²) in [5.41, 5.74) is 3.47. The number of nitrogens with zero attached hydrogens (tertiary/aromatic N) is 1. The van der Waals surface area contributed by atoms with Crippen molar-refractivity contribution < 1.29 is 18.3 Å². The van der Waals surface area contributed by atoms with Crippen LogP contribution in [-0.4, -0.2) is 24.1 Å². The van der Waals surface area contributed by atoms with Crippen molar-refractivity contribution in [3.63, 3.8) is 0 Å². The van der Waals surface area contributed by atoms with Gasteiger partial charge in [-0.1, -0.05) is 23.7 Å². The van der Waals surface area contributed by atoms with Crippen molar-refractivity contribution in [1.29, 1.82) is 0 Å². The van der Waals surface area contributed by atoms with E-state index in [1.165, 1.54) is 12.1 Å². The number of primary sulfonamides is 1. The fourth-order valence-corrected chi connectivity index (χ4v) is 3.85. The van der Waals surface area contributed by atoms with Crippen LogP contribution >= 0.6 is 11.6 Å². The largest absolute Gasteiger partial charge is 0.478 e. The van der Waals surface area contributed by atoms with Crippen molar-refractivity contribution in [1.82, 2.24) is 4.57 Å². The van der Waals surface area contributed by atoms with Gasteiger partial charge in [0.2, 0.25) is 10.0 Å². The number of carbonyl (C=O) groups is 1. The molecule has 27 heavy (non-hydrogen) atoms. The van der Waals surface area contributed by atoms with Crippen molar-refractivity contribution in [3.8, 4) is 16.9 Å². The van der Waals surface area contributed by atoms with Crippen LogP contribution in [0.2, 0.25) is 5.02 Å². The number of carboxylic acids is 1. The highest BCUT2D eigenvalue weighted by atomic mass is 35.5. The average Bonchev–Trinajstić information content (AvgIpc) is 2.85. The zero-order valence-corrected chi connectivity index (χ0v) is 16.2. The molecule has 1 heterocycles. The van der Waals surface area contributed by atoms with Crippen LogP contribution in [0.4, 0.5) is 0 Å². The molecule has 3 N–H and O–H groups in total. The third-order valence-electron chi connectivity index (χ3n) is 4.41. The minimum atomic E-state index is -3.81. The molecule has 0 unspecified atom stereocenters. The number of aromatic nitrogens is 1. The van der Waals surface area contributed by atoms with Gasteiger partial charge in [-0.3, -0.25) is 0 Å². The van der Waals surface area contributed by atoms with Gasteiger partial charge in [0.25, 0.3) is 0 Å². The number of carboxylic acid groups (broad SMARTS) is 1. The van der Waals surface area contributed by atoms with Gasteiger partial charge in [0.1, 0.15) is 0 Å². The van der Waals surface area contributed by atoms with Gasteiger partial charge in [0.05, 0.1) is 16.2 Å². The van der Waals surface area contributed by atoms with Crippen molar-refractivity contribution >= 4 is 27.6 Å². The maximum absolute atomic E-state index is 11.8. The van der Waals surface area contributed by atoms with Gasteiger partial charge in [-0.15, -0.1) is 0 Å². The Labute approximate surface area is 161 Å². The number of nitrogens with two attached hydrogens (primary N) is 1. The summed E-state index contributed by atoms with van der Waals surface area (Å²) < 4.78 is 24.8. The van der Waals surface area contributed by atoms with E-state index < -0.39 is 16.0 Å². The van der Waals surface area contributed by atoms with Crippen molar-refractivity contribution in [2.45, 2.75) is 18.7 Å². The van der Waals surface area contributed by atoms with E-state index >= 15 is 0 Å². The second-order valence-electron chi connectivity index (χ2n) is 6.12. The van der Waals surface area contributed by atoms with Crippen LogP contribution in [0, 0.1) is 13.8 Å². The average molecular weight is 405 g/mol. The van der Waals surface area contributed by atoms with Gasteiger partial charge >= 0.3 is 5.97 Å². The van der Waals surface area contributed by atoms with Crippen LogP contribution in [0.1, 0.15) is 21.6 Å². The fourth-order valence-electron chi connectivity index (χ4n) is 3.21. The predicted molar refractivity (Wildman–Crippen MR) is 104 cm³/mol. The number of sulfonamides is 1.